The highest BCUT2D eigenvalue weighted by molar-refractivity contribution is 5.97. The summed E-state index contributed by atoms with van der Waals surface area (Å²) in [5.41, 5.74) is 5.56. The zero-order valence-corrected chi connectivity index (χ0v) is 12.2. The number of carbonyl (C=O) groups excluding carboxylic acids is 1. The van der Waals surface area contributed by atoms with Gasteiger partial charge in [-0.25, -0.2) is 4.79 Å². The lowest BCUT2D eigenvalue weighted by atomic mass is 10.0. The van der Waals surface area contributed by atoms with Crippen molar-refractivity contribution >= 4 is 29.4 Å². The summed E-state index contributed by atoms with van der Waals surface area (Å²) < 4.78 is 4.68. The highest BCUT2D eigenvalue weighted by Crippen LogP contribution is 2.30. The second kappa shape index (κ2) is 7.21. The molecule has 0 heterocycles. The monoisotopic (exact) mass is 308 g/mol. The van der Waals surface area contributed by atoms with E-state index >= 15 is 0 Å². The van der Waals surface area contributed by atoms with Crippen LogP contribution < -0.4 is 5.73 Å². The van der Waals surface area contributed by atoms with E-state index in [-0.39, 0.29) is 34.7 Å². The van der Waals surface area contributed by atoms with Crippen molar-refractivity contribution in [1.82, 2.24) is 0 Å². The summed E-state index contributed by atoms with van der Waals surface area (Å²) in [6, 6.07) is 2.78. The van der Waals surface area contributed by atoms with Crippen LogP contribution in [0.3, 0.4) is 0 Å². The predicted molar refractivity (Wildman–Crippen MR) is 79.1 cm³/mol. The van der Waals surface area contributed by atoms with Crippen LogP contribution in [-0.4, -0.2) is 28.6 Å². The molecule has 0 spiro atoms. The number of nitrogens with zero attached hydrogens (tertiary/aromatic N) is 1. The van der Waals surface area contributed by atoms with Crippen LogP contribution in [-0.2, 0) is 14.3 Å². The summed E-state index contributed by atoms with van der Waals surface area (Å²) in [4.78, 5) is 33.1. The SMILES string of the molecule is CCOC(=O)C/C(=C\c1ccc(N)c(C)c1[N+](=O)[O-])C(=O)O. The zero-order chi connectivity index (χ0) is 16.9. The van der Waals surface area contributed by atoms with Gasteiger partial charge in [0.25, 0.3) is 5.69 Å². The number of hydrogen-bond acceptors (Lipinski definition) is 6. The van der Waals surface area contributed by atoms with E-state index in [2.05, 4.69) is 4.74 Å². The first-order chi connectivity index (χ1) is 10.3. The molecule has 0 unspecified atom stereocenters. The topological polar surface area (TPSA) is 133 Å². The van der Waals surface area contributed by atoms with Crippen molar-refractivity contribution < 1.29 is 24.4 Å². The Balaban J connectivity index is 3.32. The maximum Gasteiger partial charge on any atom is 0.332 e. The smallest absolute Gasteiger partial charge is 0.332 e. The Bertz CT molecular complexity index is 651. The van der Waals surface area contributed by atoms with E-state index in [1.54, 1.807) is 6.92 Å². The molecule has 8 heteroatoms. The number of anilines is 1. The number of benzene rings is 1. The number of hydrogen-bond donors (Lipinski definition) is 2. The van der Waals surface area contributed by atoms with Gasteiger partial charge in [0.1, 0.15) is 0 Å². The van der Waals surface area contributed by atoms with Gasteiger partial charge < -0.3 is 15.6 Å². The fourth-order valence-corrected chi connectivity index (χ4v) is 1.84. The summed E-state index contributed by atoms with van der Waals surface area (Å²) in [5.74, 6) is -2.07. The molecule has 0 aliphatic heterocycles. The molecule has 3 N–H and O–H groups in total. The number of ether oxygens (including phenoxy) is 1. The number of rotatable bonds is 6. The summed E-state index contributed by atoms with van der Waals surface area (Å²) in [7, 11) is 0. The van der Waals surface area contributed by atoms with Crippen molar-refractivity contribution in [3.05, 3.63) is 38.9 Å². The Morgan fingerprint density at radius 3 is 2.59 bits per heavy atom. The molecule has 0 saturated carbocycles. The standard InChI is InChI=1S/C14H16N2O6/c1-3-22-12(17)7-10(14(18)19)6-9-4-5-11(15)8(2)13(9)16(20)21/h4-6H,3,7,15H2,1-2H3,(H,18,19)/b10-6+. The molecule has 8 nitrogen and oxygen atoms in total. The van der Waals surface area contributed by atoms with Crippen molar-refractivity contribution in [2.45, 2.75) is 20.3 Å². The number of carboxylic acids is 1. The minimum absolute atomic E-state index is 0.0680. The summed E-state index contributed by atoms with van der Waals surface area (Å²) >= 11 is 0. The van der Waals surface area contributed by atoms with Crippen LogP contribution in [0.15, 0.2) is 17.7 Å². The second-order valence-electron chi connectivity index (χ2n) is 4.43. The minimum Gasteiger partial charge on any atom is -0.478 e. The van der Waals surface area contributed by atoms with Gasteiger partial charge in [-0.1, -0.05) is 0 Å². The van der Waals surface area contributed by atoms with Crippen LogP contribution in [0.2, 0.25) is 0 Å². The van der Waals surface area contributed by atoms with Gasteiger partial charge in [0.05, 0.1) is 29.1 Å². The van der Waals surface area contributed by atoms with E-state index in [0.717, 1.165) is 6.08 Å². The van der Waals surface area contributed by atoms with Gasteiger partial charge in [-0.3, -0.25) is 14.9 Å². The quantitative estimate of drug-likeness (QED) is 0.269. The first-order valence-corrected chi connectivity index (χ1v) is 6.40. The van der Waals surface area contributed by atoms with Gasteiger partial charge >= 0.3 is 11.9 Å². The van der Waals surface area contributed by atoms with E-state index in [0.29, 0.717) is 0 Å². The van der Waals surface area contributed by atoms with Crippen LogP contribution in [0, 0.1) is 17.0 Å². The Hall–Kier alpha value is -2.90. The molecule has 22 heavy (non-hydrogen) atoms. The predicted octanol–water partition coefficient (Wildman–Crippen LogP) is 1.91. The van der Waals surface area contributed by atoms with Crippen LogP contribution >= 0.6 is 0 Å². The maximum absolute atomic E-state index is 11.4. The third kappa shape index (κ3) is 4.05. The lowest BCUT2D eigenvalue weighted by molar-refractivity contribution is -0.385. The van der Waals surface area contributed by atoms with Gasteiger partial charge in [0.15, 0.2) is 0 Å². The van der Waals surface area contributed by atoms with Crippen LogP contribution in [0.5, 0.6) is 0 Å². The van der Waals surface area contributed by atoms with E-state index < -0.39 is 23.3 Å². The first-order valence-electron chi connectivity index (χ1n) is 6.40. The van der Waals surface area contributed by atoms with E-state index in [1.807, 2.05) is 0 Å². The molecule has 1 aromatic carbocycles. The number of aliphatic carboxylic acids is 1. The molecule has 1 rings (SSSR count). The fourth-order valence-electron chi connectivity index (χ4n) is 1.84. The Morgan fingerprint density at radius 2 is 2.09 bits per heavy atom. The van der Waals surface area contributed by atoms with Crippen molar-refractivity contribution in [2.24, 2.45) is 0 Å². The van der Waals surface area contributed by atoms with E-state index in [9.17, 15) is 19.7 Å². The summed E-state index contributed by atoms with van der Waals surface area (Å²) in [6.07, 6.45) is 0.605. The molecule has 0 saturated heterocycles. The van der Waals surface area contributed by atoms with Crippen LogP contribution in [0.1, 0.15) is 24.5 Å². The van der Waals surface area contributed by atoms with E-state index in [4.69, 9.17) is 10.8 Å². The Labute approximate surface area is 126 Å². The summed E-state index contributed by atoms with van der Waals surface area (Å²) in [6.45, 7) is 3.18. The van der Waals surface area contributed by atoms with Gasteiger partial charge in [0, 0.05) is 11.3 Å². The van der Waals surface area contributed by atoms with Crippen LogP contribution in [0.25, 0.3) is 6.08 Å². The number of carbonyl (C=O) groups is 2. The normalized spacial score (nSPS) is 11.1. The van der Waals surface area contributed by atoms with Crippen molar-refractivity contribution in [2.75, 3.05) is 12.3 Å². The van der Waals surface area contributed by atoms with Crippen molar-refractivity contribution in [3.8, 4) is 0 Å². The number of carboxylic acid groups (broad SMARTS) is 1. The molecule has 0 fully saturated rings. The molecule has 0 bridgehead atoms. The van der Waals surface area contributed by atoms with Gasteiger partial charge in [0.2, 0.25) is 0 Å². The molecule has 118 valence electrons. The Morgan fingerprint density at radius 1 is 1.45 bits per heavy atom. The highest BCUT2D eigenvalue weighted by Gasteiger charge is 2.21. The average molecular weight is 308 g/mol. The fraction of sp³-hybridized carbons (Fsp3) is 0.286. The van der Waals surface area contributed by atoms with E-state index in [1.165, 1.54) is 19.1 Å². The largest absolute Gasteiger partial charge is 0.478 e. The number of esters is 1. The van der Waals surface area contributed by atoms with Crippen LogP contribution in [0.4, 0.5) is 11.4 Å². The van der Waals surface area contributed by atoms with Crippen molar-refractivity contribution in [3.63, 3.8) is 0 Å². The molecule has 0 aliphatic rings. The highest BCUT2D eigenvalue weighted by atomic mass is 16.6. The molecule has 0 amide bonds. The number of nitrogen functional groups attached to an aromatic ring is 1. The van der Waals surface area contributed by atoms with Gasteiger partial charge in [-0.2, -0.15) is 0 Å². The Kier molecular flexibility index (Phi) is 5.62. The molecule has 0 radical (unpaired) electrons. The lowest BCUT2D eigenvalue weighted by Gasteiger charge is -2.07. The summed E-state index contributed by atoms with van der Waals surface area (Å²) in [5, 5.41) is 20.3. The third-order valence-corrected chi connectivity index (χ3v) is 2.93. The number of nitrogens with two attached hydrogens (primary N) is 1. The number of nitro groups is 1. The second-order valence-corrected chi connectivity index (χ2v) is 4.43. The average Bonchev–Trinajstić information content (AvgIpc) is 2.41. The molecule has 0 atom stereocenters. The lowest BCUT2D eigenvalue weighted by Crippen LogP contribution is -2.10. The maximum atomic E-state index is 11.4. The molecule has 0 aliphatic carbocycles. The molecule has 0 aromatic heterocycles. The minimum atomic E-state index is -1.35. The zero-order valence-electron chi connectivity index (χ0n) is 12.2. The third-order valence-electron chi connectivity index (χ3n) is 2.93. The molecular formula is C14H16N2O6. The molecular weight excluding hydrogens is 292 g/mol. The van der Waals surface area contributed by atoms with Crippen molar-refractivity contribution in [1.29, 1.82) is 0 Å². The van der Waals surface area contributed by atoms with Gasteiger partial charge in [-0.15, -0.1) is 0 Å². The van der Waals surface area contributed by atoms with Gasteiger partial charge in [-0.05, 0) is 32.1 Å². The first kappa shape index (κ1) is 17.2. The number of nitro benzene ring substituents is 1. The molecule has 1 aromatic rings.